The predicted molar refractivity (Wildman–Crippen MR) is 88.2 cm³/mol. The van der Waals surface area contributed by atoms with Crippen molar-refractivity contribution in [1.29, 1.82) is 0 Å². The van der Waals surface area contributed by atoms with Crippen molar-refractivity contribution in [2.24, 2.45) is 0 Å². The second-order valence-electron chi connectivity index (χ2n) is 5.10. The third kappa shape index (κ3) is 4.19. The number of anilines is 1. The summed E-state index contributed by atoms with van der Waals surface area (Å²) in [4.78, 5) is 35.0. The molecular formula is C18H17NO5. The van der Waals surface area contributed by atoms with Crippen molar-refractivity contribution in [3.05, 3.63) is 59.2 Å². The number of carbonyl (C=O) groups is 3. The number of esters is 2. The molecule has 1 N–H and O–H groups in total. The molecule has 2 rings (SSSR count). The molecule has 2 aromatic rings. The standard InChI is InChI=1S/C18H17NO5/c1-11-7-8-14(18(22)23-3)10-16(11)19-17(21)13-5-4-6-15(9-13)24-12(2)20/h4-10H,1-3H3,(H,19,21). The Balaban J connectivity index is 2.23. The number of carbonyl (C=O) groups excluding carboxylic acids is 3. The molecule has 0 spiro atoms. The maximum Gasteiger partial charge on any atom is 0.337 e. The summed E-state index contributed by atoms with van der Waals surface area (Å²) >= 11 is 0. The normalized spacial score (nSPS) is 9.96. The van der Waals surface area contributed by atoms with Gasteiger partial charge in [-0.15, -0.1) is 0 Å². The summed E-state index contributed by atoms with van der Waals surface area (Å²) < 4.78 is 9.64. The Labute approximate surface area is 139 Å². The molecule has 0 aliphatic rings. The molecule has 0 aromatic heterocycles. The van der Waals surface area contributed by atoms with Gasteiger partial charge < -0.3 is 14.8 Å². The molecule has 0 fully saturated rings. The summed E-state index contributed by atoms with van der Waals surface area (Å²) in [5, 5.41) is 2.74. The highest BCUT2D eigenvalue weighted by Crippen LogP contribution is 2.20. The predicted octanol–water partition coefficient (Wildman–Crippen LogP) is 2.96. The lowest BCUT2D eigenvalue weighted by Crippen LogP contribution is -2.14. The van der Waals surface area contributed by atoms with Gasteiger partial charge in [-0.25, -0.2) is 4.79 Å². The van der Waals surface area contributed by atoms with Gasteiger partial charge in [-0.3, -0.25) is 9.59 Å². The first-order chi connectivity index (χ1) is 11.4. The molecule has 0 aliphatic heterocycles. The van der Waals surface area contributed by atoms with E-state index in [9.17, 15) is 14.4 Å². The molecule has 6 heteroatoms. The van der Waals surface area contributed by atoms with Gasteiger partial charge in [0.2, 0.25) is 0 Å². The summed E-state index contributed by atoms with van der Waals surface area (Å²) in [5.74, 6) is -1.04. The van der Waals surface area contributed by atoms with Gasteiger partial charge in [0.1, 0.15) is 5.75 Å². The van der Waals surface area contributed by atoms with Crippen LogP contribution in [0.3, 0.4) is 0 Å². The quantitative estimate of drug-likeness (QED) is 0.689. The average Bonchev–Trinajstić information content (AvgIpc) is 2.55. The maximum atomic E-state index is 12.4. The van der Waals surface area contributed by atoms with Crippen LogP contribution in [0.15, 0.2) is 42.5 Å². The topological polar surface area (TPSA) is 81.7 Å². The number of amides is 1. The minimum atomic E-state index is -0.484. The van der Waals surface area contributed by atoms with Crippen LogP contribution in [-0.4, -0.2) is 25.0 Å². The van der Waals surface area contributed by atoms with E-state index in [1.54, 1.807) is 36.4 Å². The highest BCUT2D eigenvalue weighted by molar-refractivity contribution is 6.05. The van der Waals surface area contributed by atoms with Crippen LogP contribution in [0.5, 0.6) is 5.75 Å². The fourth-order valence-corrected chi connectivity index (χ4v) is 2.06. The van der Waals surface area contributed by atoms with Crippen LogP contribution >= 0.6 is 0 Å². The number of rotatable bonds is 4. The molecule has 0 atom stereocenters. The summed E-state index contributed by atoms with van der Waals surface area (Å²) in [6.45, 7) is 3.10. The van der Waals surface area contributed by atoms with Gasteiger partial charge in [0.25, 0.3) is 5.91 Å². The molecule has 0 saturated carbocycles. The zero-order valence-electron chi connectivity index (χ0n) is 13.6. The Hall–Kier alpha value is -3.15. The molecule has 1 amide bonds. The summed E-state index contributed by atoms with van der Waals surface area (Å²) in [6, 6.07) is 11.2. The van der Waals surface area contributed by atoms with Gasteiger partial charge in [0.05, 0.1) is 12.7 Å². The molecule has 24 heavy (non-hydrogen) atoms. The summed E-state index contributed by atoms with van der Waals surface area (Å²) in [5.41, 5.74) is 1.97. The van der Waals surface area contributed by atoms with E-state index < -0.39 is 11.9 Å². The van der Waals surface area contributed by atoms with E-state index in [1.807, 2.05) is 6.92 Å². The van der Waals surface area contributed by atoms with E-state index in [0.29, 0.717) is 16.8 Å². The number of hydrogen-bond acceptors (Lipinski definition) is 5. The number of benzene rings is 2. The largest absolute Gasteiger partial charge is 0.465 e. The van der Waals surface area contributed by atoms with Gasteiger partial charge in [-0.1, -0.05) is 12.1 Å². The minimum absolute atomic E-state index is 0.287. The molecule has 0 bridgehead atoms. The van der Waals surface area contributed by atoms with E-state index in [4.69, 9.17) is 4.74 Å². The number of hydrogen-bond donors (Lipinski definition) is 1. The fraction of sp³-hybridized carbons (Fsp3) is 0.167. The van der Waals surface area contributed by atoms with E-state index in [1.165, 1.54) is 20.1 Å². The molecule has 0 aliphatic carbocycles. The highest BCUT2D eigenvalue weighted by Gasteiger charge is 2.12. The summed E-state index contributed by atoms with van der Waals surface area (Å²) in [7, 11) is 1.29. The molecule has 2 aromatic carbocycles. The van der Waals surface area contributed by atoms with Crippen molar-refractivity contribution in [2.75, 3.05) is 12.4 Å². The molecule has 124 valence electrons. The lowest BCUT2D eigenvalue weighted by molar-refractivity contribution is -0.131. The van der Waals surface area contributed by atoms with Crippen LogP contribution in [-0.2, 0) is 9.53 Å². The Morgan fingerprint density at radius 2 is 1.75 bits per heavy atom. The second-order valence-corrected chi connectivity index (χ2v) is 5.10. The number of methoxy groups -OCH3 is 1. The second kappa shape index (κ2) is 7.41. The maximum absolute atomic E-state index is 12.4. The fourth-order valence-electron chi connectivity index (χ4n) is 2.06. The van der Waals surface area contributed by atoms with Crippen molar-refractivity contribution in [1.82, 2.24) is 0 Å². The third-order valence-electron chi connectivity index (χ3n) is 3.26. The Morgan fingerprint density at radius 3 is 2.42 bits per heavy atom. The number of ether oxygens (including phenoxy) is 2. The van der Waals surface area contributed by atoms with E-state index in [0.717, 1.165) is 5.56 Å². The van der Waals surface area contributed by atoms with Crippen molar-refractivity contribution in [3.63, 3.8) is 0 Å². The summed E-state index contributed by atoms with van der Waals surface area (Å²) in [6.07, 6.45) is 0. The average molecular weight is 327 g/mol. The Bertz CT molecular complexity index is 798. The van der Waals surface area contributed by atoms with Crippen LogP contribution in [0.2, 0.25) is 0 Å². The molecular weight excluding hydrogens is 310 g/mol. The first kappa shape index (κ1) is 17.2. The van der Waals surface area contributed by atoms with Gasteiger partial charge >= 0.3 is 11.9 Å². The first-order valence-electron chi connectivity index (χ1n) is 7.19. The first-order valence-corrected chi connectivity index (χ1v) is 7.19. The van der Waals surface area contributed by atoms with E-state index in [2.05, 4.69) is 10.1 Å². The lowest BCUT2D eigenvalue weighted by atomic mass is 10.1. The Kier molecular flexibility index (Phi) is 5.31. The van der Waals surface area contributed by atoms with Crippen LogP contribution in [0.4, 0.5) is 5.69 Å². The van der Waals surface area contributed by atoms with Crippen molar-refractivity contribution in [2.45, 2.75) is 13.8 Å². The van der Waals surface area contributed by atoms with Crippen LogP contribution in [0.1, 0.15) is 33.2 Å². The van der Waals surface area contributed by atoms with E-state index in [-0.39, 0.29) is 11.7 Å². The molecule has 0 radical (unpaired) electrons. The van der Waals surface area contributed by atoms with Gasteiger partial charge in [0.15, 0.2) is 0 Å². The zero-order chi connectivity index (χ0) is 17.7. The molecule has 0 saturated heterocycles. The van der Waals surface area contributed by atoms with Crippen molar-refractivity contribution >= 4 is 23.5 Å². The number of nitrogens with one attached hydrogen (secondary N) is 1. The zero-order valence-corrected chi connectivity index (χ0v) is 13.6. The smallest absolute Gasteiger partial charge is 0.337 e. The SMILES string of the molecule is COC(=O)c1ccc(C)c(NC(=O)c2cccc(OC(C)=O)c2)c1. The van der Waals surface area contributed by atoms with Crippen LogP contribution < -0.4 is 10.1 Å². The molecule has 0 heterocycles. The Morgan fingerprint density at radius 1 is 1.00 bits per heavy atom. The van der Waals surface area contributed by atoms with Gasteiger partial charge in [-0.2, -0.15) is 0 Å². The van der Waals surface area contributed by atoms with Gasteiger partial charge in [0, 0.05) is 18.2 Å². The molecule has 6 nitrogen and oxygen atoms in total. The van der Waals surface area contributed by atoms with Gasteiger partial charge in [-0.05, 0) is 42.8 Å². The lowest BCUT2D eigenvalue weighted by Gasteiger charge is -2.11. The highest BCUT2D eigenvalue weighted by atomic mass is 16.5. The van der Waals surface area contributed by atoms with Crippen molar-refractivity contribution in [3.8, 4) is 5.75 Å². The molecule has 0 unspecified atom stereocenters. The van der Waals surface area contributed by atoms with E-state index >= 15 is 0 Å². The van der Waals surface area contributed by atoms with Crippen LogP contribution in [0, 0.1) is 6.92 Å². The third-order valence-corrected chi connectivity index (χ3v) is 3.26. The number of aryl methyl sites for hydroxylation is 1. The van der Waals surface area contributed by atoms with Crippen LogP contribution in [0.25, 0.3) is 0 Å². The van der Waals surface area contributed by atoms with Crippen molar-refractivity contribution < 1.29 is 23.9 Å². The minimum Gasteiger partial charge on any atom is -0.465 e. The monoisotopic (exact) mass is 327 g/mol.